The van der Waals surface area contributed by atoms with Gasteiger partial charge in [-0.05, 0) is 31.9 Å². The molecule has 0 bridgehead atoms. The number of carbonyl (C=O) groups excluding carboxylic acids is 1. The SMILES string of the molecule is Cc1cccc(CC(=O)C2CN3CCCC3CO2)c1. The Bertz CT molecular complexity index is 472. The van der Waals surface area contributed by atoms with Gasteiger partial charge in [0.1, 0.15) is 6.10 Å². The smallest absolute Gasteiger partial charge is 0.167 e. The second kappa shape index (κ2) is 5.43. The number of hydrogen-bond donors (Lipinski definition) is 0. The highest BCUT2D eigenvalue weighted by molar-refractivity contribution is 5.85. The molecule has 0 saturated carbocycles. The van der Waals surface area contributed by atoms with Gasteiger partial charge in [0.25, 0.3) is 0 Å². The molecule has 0 aromatic heterocycles. The van der Waals surface area contributed by atoms with E-state index in [1.807, 2.05) is 12.1 Å². The first-order chi connectivity index (χ1) is 9.22. The van der Waals surface area contributed by atoms with Crippen molar-refractivity contribution in [2.45, 2.75) is 38.3 Å². The molecule has 2 fully saturated rings. The van der Waals surface area contributed by atoms with Crippen LogP contribution in [0.15, 0.2) is 24.3 Å². The predicted molar refractivity (Wildman–Crippen MR) is 74.2 cm³/mol. The molecule has 2 heterocycles. The first-order valence-electron chi connectivity index (χ1n) is 7.16. The van der Waals surface area contributed by atoms with E-state index >= 15 is 0 Å². The summed E-state index contributed by atoms with van der Waals surface area (Å²) in [6.45, 7) is 4.70. The van der Waals surface area contributed by atoms with Crippen LogP contribution in [0, 0.1) is 6.92 Å². The lowest BCUT2D eigenvalue weighted by molar-refractivity contribution is -0.137. The summed E-state index contributed by atoms with van der Waals surface area (Å²) in [7, 11) is 0. The lowest BCUT2D eigenvalue weighted by Crippen LogP contribution is -2.49. The van der Waals surface area contributed by atoms with Gasteiger partial charge in [0, 0.05) is 19.0 Å². The first-order valence-corrected chi connectivity index (χ1v) is 7.16. The van der Waals surface area contributed by atoms with Gasteiger partial charge in [-0.3, -0.25) is 9.69 Å². The maximum Gasteiger partial charge on any atom is 0.167 e. The molecule has 0 amide bonds. The molecular formula is C16H21NO2. The van der Waals surface area contributed by atoms with Crippen LogP contribution < -0.4 is 0 Å². The van der Waals surface area contributed by atoms with Crippen LogP contribution in [-0.2, 0) is 16.0 Å². The number of carbonyl (C=O) groups is 1. The van der Waals surface area contributed by atoms with Crippen LogP contribution >= 0.6 is 0 Å². The maximum absolute atomic E-state index is 12.3. The largest absolute Gasteiger partial charge is 0.367 e. The quantitative estimate of drug-likeness (QED) is 0.831. The van der Waals surface area contributed by atoms with Crippen LogP contribution in [0.2, 0.25) is 0 Å². The van der Waals surface area contributed by atoms with E-state index in [9.17, 15) is 4.79 Å². The fraction of sp³-hybridized carbons (Fsp3) is 0.562. The van der Waals surface area contributed by atoms with Crippen LogP contribution in [-0.4, -0.2) is 42.5 Å². The molecule has 102 valence electrons. The molecule has 3 heteroatoms. The average Bonchev–Trinajstić information content (AvgIpc) is 2.85. The summed E-state index contributed by atoms with van der Waals surface area (Å²) in [5.74, 6) is 0.218. The van der Waals surface area contributed by atoms with E-state index in [1.165, 1.54) is 18.4 Å². The number of rotatable bonds is 3. The second-order valence-electron chi connectivity index (χ2n) is 5.75. The zero-order valence-electron chi connectivity index (χ0n) is 11.5. The van der Waals surface area contributed by atoms with Crippen LogP contribution in [0.1, 0.15) is 24.0 Å². The van der Waals surface area contributed by atoms with Crippen molar-refractivity contribution in [1.29, 1.82) is 0 Å². The van der Waals surface area contributed by atoms with E-state index in [2.05, 4.69) is 24.0 Å². The van der Waals surface area contributed by atoms with Gasteiger partial charge in [-0.1, -0.05) is 29.8 Å². The van der Waals surface area contributed by atoms with Crippen LogP contribution in [0.4, 0.5) is 0 Å². The van der Waals surface area contributed by atoms with Gasteiger partial charge in [0.05, 0.1) is 6.61 Å². The second-order valence-corrected chi connectivity index (χ2v) is 5.75. The third kappa shape index (κ3) is 2.88. The Morgan fingerprint density at radius 1 is 1.47 bits per heavy atom. The topological polar surface area (TPSA) is 29.5 Å². The number of nitrogens with zero attached hydrogens (tertiary/aromatic N) is 1. The number of morpholine rings is 1. The highest BCUT2D eigenvalue weighted by atomic mass is 16.5. The van der Waals surface area contributed by atoms with Gasteiger partial charge in [-0.2, -0.15) is 0 Å². The number of ether oxygens (including phenoxy) is 1. The molecule has 0 aliphatic carbocycles. The van der Waals surface area contributed by atoms with Crippen molar-refractivity contribution < 1.29 is 9.53 Å². The van der Waals surface area contributed by atoms with Crippen molar-refractivity contribution in [3.05, 3.63) is 35.4 Å². The van der Waals surface area contributed by atoms with Gasteiger partial charge >= 0.3 is 0 Å². The van der Waals surface area contributed by atoms with E-state index < -0.39 is 0 Å². The Morgan fingerprint density at radius 2 is 2.37 bits per heavy atom. The summed E-state index contributed by atoms with van der Waals surface area (Å²) in [5, 5.41) is 0. The average molecular weight is 259 g/mol. The third-order valence-electron chi connectivity index (χ3n) is 4.21. The van der Waals surface area contributed by atoms with Gasteiger partial charge in [0.15, 0.2) is 5.78 Å². The minimum Gasteiger partial charge on any atom is -0.367 e. The van der Waals surface area contributed by atoms with Crippen molar-refractivity contribution in [3.63, 3.8) is 0 Å². The lowest BCUT2D eigenvalue weighted by atomic mass is 10.0. The van der Waals surface area contributed by atoms with E-state index in [0.717, 1.165) is 25.3 Å². The van der Waals surface area contributed by atoms with E-state index in [1.54, 1.807) is 0 Å². The Kier molecular flexibility index (Phi) is 3.67. The molecule has 3 nitrogen and oxygen atoms in total. The Labute approximate surface area is 114 Å². The molecule has 3 rings (SSSR count). The fourth-order valence-corrected chi connectivity index (χ4v) is 3.15. The fourth-order valence-electron chi connectivity index (χ4n) is 3.15. The molecule has 2 saturated heterocycles. The first kappa shape index (κ1) is 12.8. The number of fused-ring (bicyclic) bond motifs is 1. The number of Topliss-reactive ketones (excluding diaryl/α,β-unsaturated/α-hetero) is 1. The summed E-state index contributed by atoms with van der Waals surface area (Å²) in [5.41, 5.74) is 2.30. The standard InChI is InChI=1S/C16H21NO2/c1-12-4-2-5-13(8-12)9-15(18)16-10-17-7-3-6-14(17)11-19-16/h2,4-5,8,14,16H,3,6-7,9-11H2,1H3. The number of aryl methyl sites for hydroxylation is 1. The highest BCUT2D eigenvalue weighted by Crippen LogP contribution is 2.23. The minimum absolute atomic E-state index is 0.218. The monoisotopic (exact) mass is 259 g/mol. The molecule has 2 atom stereocenters. The summed E-state index contributed by atoms with van der Waals surface area (Å²) in [6.07, 6.45) is 2.73. The molecule has 1 aromatic rings. The van der Waals surface area contributed by atoms with Crippen molar-refractivity contribution in [1.82, 2.24) is 4.90 Å². The minimum atomic E-state index is -0.227. The molecule has 19 heavy (non-hydrogen) atoms. The molecule has 1 aromatic carbocycles. The van der Waals surface area contributed by atoms with Gasteiger partial charge < -0.3 is 4.74 Å². The van der Waals surface area contributed by atoms with E-state index in [4.69, 9.17) is 4.74 Å². The highest BCUT2D eigenvalue weighted by Gasteiger charge is 2.34. The summed E-state index contributed by atoms with van der Waals surface area (Å²) in [6, 6.07) is 8.73. The van der Waals surface area contributed by atoms with Crippen molar-refractivity contribution >= 4 is 5.78 Å². The molecular weight excluding hydrogens is 238 g/mol. The van der Waals surface area contributed by atoms with Crippen molar-refractivity contribution in [2.75, 3.05) is 19.7 Å². The van der Waals surface area contributed by atoms with E-state index in [0.29, 0.717) is 12.5 Å². The molecule has 2 aliphatic rings. The van der Waals surface area contributed by atoms with Crippen LogP contribution in [0.25, 0.3) is 0 Å². The number of hydrogen-bond acceptors (Lipinski definition) is 3. The number of benzene rings is 1. The Balaban J connectivity index is 1.61. The molecule has 2 unspecified atom stereocenters. The molecule has 0 spiro atoms. The Hall–Kier alpha value is -1.19. The van der Waals surface area contributed by atoms with Gasteiger partial charge in [-0.25, -0.2) is 0 Å². The van der Waals surface area contributed by atoms with Crippen molar-refractivity contribution in [3.8, 4) is 0 Å². The molecule has 0 N–H and O–H groups in total. The van der Waals surface area contributed by atoms with Crippen LogP contribution in [0.3, 0.4) is 0 Å². The van der Waals surface area contributed by atoms with Crippen molar-refractivity contribution in [2.24, 2.45) is 0 Å². The summed E-state index contributed by atoms with van der Waals surface area (Å²) in [4.78, 5) is 14.7. The summed E-state index contributed by atoms with van der Waals surface area (Å²) >= 11 is 0. The maximum atomic E-state index is 12.3. The van der Waals surface area contributed by atoms with E-state index in [-0.39, 0.29) is 11.9 Å². The number of ketones is 1. The predicted octanol–water partition coefficient (Wildman–Crippen LogP) is 1.97. The zero-order valence-corrected chi connectivity index (χ0v) is 11.5. The Morgan fingerprint density at radius 3 is 3.21 bits per heavy atom. The normalized spacial score (nSPS) is 27.2. The third-order valence-corrected chi connectivity index (χ3v) is 4.21. The van der Waals surface area contributed by atoms with Crippen LogP contribution in [0.5, 0.6) is 0 Å². The zero-order chi connectivity index (χ0) is 13.2. The molecule has 2 aliphatic heterocycles. The van der Waals surface area contributed by atoms with Gasteiger partial charge in [-0.15, -0.1) is 0 Å². The van der Waals surface area contributed by atoms with Gasteiger partial charge in [0.2, 0.25) is 0 Å². The lowest BCUT2D eigenvalue weighted by Gasteiger charge is -2.34. The summed E-state index contributed by atoms with van der Waals surface area (Å²) < 4.78 is 5.76. The molecule has 0 radical (unpaired) electrons.